The summed E-state index contributed by atoms with van der Waals surface area (Å²) in [6.45, 7) is 0. The molecule has 5 rings (SSSR count). The van der Waals surface area contributed by atoms with Gasteiger partial charge in [0.25, 0.3) is 0 Å². The first-order chi connectivity index (χ1) is 17.5. The third kappa shape index (κ3) is 4.88. The Balaban J connectivity index is 1.56. The molecule has 0 aliphatic heterocycles. The molecule has 0 aliphatic carbocycles. The van der Waals surface area contributed by atoms with Gasteiger partial charge in [-0.3, -0.25) is 4.79 Å². The van der Waals surface area contributed by atoms with Gasteiger partial charge in [0.15, 0.2) is 0 Å². The highest BCUT2D eigenvalue weighted by Gasteiger charge is 2.20. The molecule has 2 N–H and O–H groups in total. The molecule has 36 heavy (non-hydrogen) atoms. The standard InChI is InChI=1S/C30H23ClN2O3/c31-24-13-16-26-23(17-20-11-14-25(15-12-20)32-29(34)30(35)36)19-33(27(26)18-24)28(21-7-3-1-4-8-21)22-9-5-2-6-10-22/h1-16,18-19,28H,17H2,(H,32,34)(H,35,36). The van der Waals surface area contributed by atoms with E-state index in [-0.39, 0.29) is 6.04 Å². The highest BCUT2D eigenvalue weighted by Crippen LogP contribution is 2.35. The largest absolute Gasteiger partial charge is 0.474 e. The first-order valence-electron chi connectivity index (χ1n) is 11.5. The monoisotopic (exact) mass is 494 g/mol. The third-order valence-electron chi connectivity index (χ3n) is 6.19. The number of amides is 1. The minimum Gasteiger partial charge on any atom is -0.474 e. The zero-order valence-electron chi connectivity index (χ0n) is 19.3. The van der Waals surface area contributed by atoms with Gasteiger partial charge in [0, 0.05) is 22.3 Å². The number of hydrogen-bond acceptors (Lipinski definition) is 2. The number of carboxylic acid groups (broad SMARTS) is 1. The SMILES string of the molecule is O=C(O)C(=O)Nc1ccc(Cc2cn(C(c3ccccc3)c3ccccc3)c3cc(Cl)ccc23)cc1. The number of aliphatic carboxylic acids is 1. The van der Waals surface area contributed by atoms with Gasteiger partial charge in [-0.25, -0.2) is 4.79 Å². The molecule has 0 unspecified atom stereocenters. The quantitative estimate of drug-likeness (QED) is 0.263. The van der Waals surface area contributed by atoms with E-state index in [0.717, 1.165) is 22.0 Å². The number of carbonyl (C=O) groups is 2. The second kappa shape index (κ2) is 10.1. The molecule has 0 atom stereocenters. The topological polar surface area (TPSA) is 71.3 Å². The Morgan fingerprint density at radius 3 is 2.03 bits per heavy atom. The number of fused-ring (bicyclic) bond motifs is 1. The molecule has 6 heteroatoms. The maximum absolute atomic E-state index is 11.4. The van der Waals surface area contributed by atoms with Crippen LogP contribution in [0.25, 0.3) is 10.9 Å². The van der Waals surface area contributed by atoms with E-state index in [2.05, 4.69) is 70.7 Å². The summed E-state index contributed by atoms with van der Waals surface area (Å²) in [4.78, 5) is 22.2. The van der Waals surface area contributed by atoms with Gasteiger partial charge >= 0.3 is 11.9 Å². The summed E-state index contributed by atoms with van der Waals surface area (Å²) in [7, 11) is 0. The summed E-state index contributed by atoms with van der Waals surface area (Å²) >= 11 is 6.45. The molecule has 0 fully saturated rings. The molecule has 1 amide bonds. The van der Waals surface area contributed by atoms with Gasteiger partial charge in [-0.15, -0.1) is 0 Å². The normalized spacial score (nSPS) is 11.1. The van der Waals surface area contributed by atoms with E-state index in [4.69, 9.17) is 16.7 Å². The van der Waals surface area contributed by atoms with E-state index < -0.39 is 11.9 Å². The number of hydrogen-bond donors (Lipinski definition) is 2. The van der Waals surface area contributed by atoms with Gasteiger partial charge in [0.1, 0.15) is 0 Å². The van der Waals surface area contributed by atoms with Crippen LogP contribution >= 0.6 is 11.6 Å². The molecule has 0 bridgehead atoms. The average molecular weight is 495 g/mol. The Morgan fingerprint density at radius 2 is 1.44 bits per heavy atom. The van der Waals surface area contributed by atoms with Gasteiger partial charge in [0.2, 0.25) is 0 Å². The third-order valence-corrected chi connectivity index (χ3v) is 6.42. The van der Waals surface area contributed by atoms with Crippen molar-refractivity contribution in [3.63, 3.8) is 0 Å². The molecule has 0 saturated carbocycles. The molecular formula is C30H23ClN2O3. The Kier molecular flexibility index (Phi) is 6.56. The van der Waals surface area contributed by atoms with Crippen molar-refractivity contribution in [3.05, 3.63) is 137 Å². The number of nitrogens with zero attached hydrogens (tertiary/aromatic N) is 1. The van der Waals surface area contributed by atoms with E-state index in [9.17, 15) is 9.59 Å². The minimum atomic E-state index is -1.52. The maximum Gasteiger partial charge on any atom is 0.394 e. The lowest BCUT2D eigenvalue weighted by Gasteiger charge is -2.21. The maximum atomic E-state index is 11.4. The van der Waals surface area contributed by atoms with E-state index in [1.807, 2.05) is 36.4 Å². The van der Waals surface area contributed by atoms with Crippen LogP contribution < -0.4 is 5.32 Å². The summed E-state index contributed by atoms with van der Waals surface area (Å²) < 4.78 is 2.28. The molecule has 0 saturated heterocycles. The number of aromatic nitrogens is 1. The number of anilines is 1. The van der Waals surface area contributed by atoms with E-state index in [0.29, 0.717) is 17.1 Å². The van der Waals surface area contributed by atoms with Crippen molar-refractivity contribution in [2.45, 2.75) is 12.5 Å². The van der Waals surface area contributed by atoms with Crippen molar-refractivity contribution in [1.29, 1.82) is 0 Å². The van der Waals surface area contributed by atoms with Crippen LogP contribution in [0.4, 0.5) is 5.69 Å². The number of carboxylic acids is 1. The zero-order valence-corrected chi connectivity index (χ0v) is 20.0. The van der Waals surface area contributed by atoms with Crippen LogP contribution in [0.3, 0.4) is 0 Å². The number of rotatable bonds is 6. The van der Waals surface area contributed by atoms with E-state index >= 15 is 0 Å². The fourth-order valence-corrected chi connectivity index (χ4v) is 4.71. The first kappa shape index (κ1) is 23.4. The summed E-state index contributed by atoms with van der Waals surface area (Å²) in [6, 6.07) is 33.9. The molecule has 0 aliphatic rings. The number of carbonyl (C=O) groups excluding carboxylic acids is 1. The summed E-state index contributed by atoms with van der Waals surface area (Å²) in [5.41, 5.74) is 6.00. The van der Waals surface area contributed by atoms with Crippen LogP contribution in [0.2, 0.25) is 5.02 Å². The Morgan fingerprint density at radius 1 is 0.833 bits per heavy atom. The van der Waals surface area contributed by atoms with Gasteiger partial charge in [0.05, 0.1) is 11.6 Å². The van der Waals surface area contributed by atoms with Crippen LogP contribution in [0.5, 0.6) is 0 Å². The molecule has 4 aromatic carbocycles. The predicted molar refractivity (Wildman–Crippen MR) is 143 cm³/mol. The van der Waals surface area contributed by atoms with Gasteiger partial charge < -0.3 is 15.0 Å². The number of nitrogens with one attached hydrogen (secondary N) is 1. The van der Waals surface area contributed by atoms with Gasteiger partial charge in [-0.1, -0.05) is 90.5 Å². The second-order valence-electron chi connectivity index (χ2n) is 8.58. The van der Waals surface area contributed by atoms with Crippen molar-refractivity contribution in [1.82, 2.24) is 4.57 Å². The predicted octanol–water partition coefficient (Wildman–Crippen LogP) is 6.55. The molecule has 178 valence electrons. The molecule has 5 aromatic rings. The van der Waals surface area contributed by atoms with Crippen LogP contribution in [0, 0.1) is 0 Å². The van der Waals surface area contributed by atoms with Crippen LogP contribution in [0.15, 0.2) is 109 Å². The number of halogens is 1. The number of benzene rings is 4. The Bertz CT molecular complexity index is 1490. The van der Waals surface area contributed by atoms with Crippen LogP contribution in [-0.2, 0) is 16.0 Å². The lowest BCUT2D eigenvalue weighted by atomic mass is 9.98. The van der Waals surface area contributed by atoms with Crippen molar-refractivity contribution in [2.75, 3.05) is 5.32 Å². The highest BCUT2D eigenvalue weighted by molar-refractivity contribution is 6.36. The summed E-state index contributed by atoms with van der Waals surface area (Å²) in [5.74, 6) is -2.58. The summed E-state index contributed by atoms with van der Waals surface area (Å²) in [6.07, 6.45) is 2.85. The first-order valence-corrected chi connectivity index (χ1v) is 11.9. The summed E-state index contributed by atoms with van der Waals surface area (Å²) in [5, 5.41) is 13.0. The lowest BCUT2D eigenvalue weighted by molar-refractivity contribution is -0.147. The van der Waals surface area contributed by atoms with Crippen LogP contribution in [-0.4, -0.2) is 21.6 Å². The van der Waals surface area contributed by atoms with Crippen molar-refractivity contribution in [3.8, 4) is 0 Å². The smallest absolute Gasteiger partial charge is 0.394 e. The minimum absolute atomic E-state index is 0.0317. The van der Waals surface area contributed by atoms with E-state index in [1.165, 1.54) is 11.1 Å². The van der Waals surface area contributed by atoms with Crippen molar-refractivity contribution in [2.24, 2.45) is 0 Å². The fraction of sp³-hybridized carbons (Fsp3) is 0.0667. The lowest BCUT2D eigenvalue weighted by Crippen LogP contribution is -2.21. The molecule has 5 nitrogen and oxygen atoms in total. The molecule has 1 aromatic heterocycles. The van der Waals surface area contributed by atoms with Gasteiger partial charge in [-0.05, 0) is 52.9 Å². The van der Waals surface area contributed by atoms with Gasteiger partial charge in [-0.2, -0.15) is 0 Å². The van der Waals surface area contributed by atoms with Crippen LogP contribution in [0.1, 0.15) is 28.3 Å². The van der Waals surface area contributed by atoms with Crippen molar-refractivity contribution < 1.29 is 14.7 Å². The second-order valence-corrected chi connectivity index (χ2v) is 9.02. The molecule has 0 radical (unpaired) electrons. The Labute approximate surface area is 213 Å². The molecule has 1 heterocycles. The average Bonchev–Trinajstić information content (AvgIpc) is 3.23. The molecular weight excluding hydrogens is 472 g/mol. The fourth-order valence-electron chi connectivity index (χ4n) is 4.55. The molecule has 0 spiro atoms. The van der Waals surface area contributed by atoms with Crippen molar-refractivity contribution >= 4 is 40.1 Å². The van der Waals surface area contributed by atoms with E-state index in [1.54, 1.807) is 12.1 Å². The highest BCUT2D eigenvalue weighted by atomic mass is 35.5. The zero-order chi connectivity index (χ0) is 25.1. The Hall–Kier alpha value is -4.35.